The molecule has 0 aromatic heterocycles. The molecule has 1 rings (SSSR count). The Hall–Kier alpha value is -1.32. The van der Waals surface area contributed by atoms with Crippen LogP contribution in [0.4, 0.5) is 0 Å². The van der Waals surface area contributed by atoms with Crippen molar-refractivity contribution in [3.05, 3.63) is 11.1 Å². The van der Waals surface area contributed by atoms with Gasteiger partial charge < -0.3 is 9.84 Å². The van der Waals surface area contributed by atoms with Gasteiger partial charge >= 0.3 is 11.9 Å². The van der Waals surface area contributed by atoms with Gasteiger partial charge in [-0.05, 0) is 46.5 Å². The summed E-state index contributed by atoms with van der Waals surface area (Å²) in [7, 11) is 0. The van der Waals surface area contributed by atoms with Crippen LogP contribution in [0.1, 0.15) is 46.5 Å². The lowest BCUT2D eigenvalue weighted by Crippen LogP contribution is -2.27. The number of carboxylic acids is 1. The topological polar surface area (TPSA) is 63.6 Å². The van der Waals surface area contributed by atoms with Gasteiger partial charge in [-0.15, -0.1) is 0 Å². The Morgan fingerprint density at radius 2 is 1.62 bits per heavy atom. The van der Waals surface area contributed by atoms with E-state index in [9.17, 15) is 9.59 Å². The van der Waals surface area contributed by atoms with Crippen LogP contribution >= 0.6 is 0 Å². The number of esters is 1. The number of rotatable bonds is 2. The number of hydrogen-bond donors (Lipinski definition) is 1. The van der Waals surface area contributed by atoms with Crippen molar-refractivity contribution in [1.29, 1.82) is 0 Å². The quantitative estimate of drug-likeness (QED) is 0.734. The van der Waals surface area contributed by atoms with Crippen LogP contribution in [0.25, 0.3) is 0 Å². The maximum atomic E-state index is 11.8. The molecule has 0 unspecified atom stereocenters. The van der Waals surface area contributed by atoms with Gasteiger partial charge in [-0.2, -0.15) is 0 Å². The normalized spacial score (nSPS) is 17.2. The molecule has 0 aromatic rings. The second-order valence-corrected chi connectivity index (χ2v) is 4.97. The van der Waals surface area contributed by atoms with E-state index in [1.54, 1.807) is 20.8 Å². The van der Waals surface area contributed by atoms with E-state index in [-0.39, 0.29) is 5.57 Å². The van der Waals surface area contributed by atoms with E-state index in [0.717, 1.165) is 12.8 Å². The molecule has 1 aliphatic rings. The fourth-order valence-electron chi connectivity index (χ4n) is 1.71. The molecular weight excluding hydrogens is 208 g/mol. The standard InChI is InChI=1S/C12H18O4/c1-12(2,3)16-11(15)9-7-5-4-6-8(9)10(13)14/h4-7H2,1-3H3,(H,13,14). The highest BCUT2D eigenvalue weighted by Gasteiger charge is 2.27. The zero-order valence-electron chi connectivity index (χ0n) is 10.0. The lowest BCUT2D eigenvalue weighted by Gasteiger charge is -2.23. The van der Waals surface area contributed by atoms with E-state index in [1.165, 1.54) is 0 Å². The van der Waals surface area contributed by atoms with Crippen molar-refractivity contribution in [2.75, 3.05) is 0 Å². The minimum absolute atomic E-state index is 0.223. The molecule has 16 heavy (non-hydrogen) atoms. The van der Waals surface area contributed by atoms with Crippen molar-refractivity contribution in [1.82, 2.24) is 0 Å². The molecule has 90 valence electrons. The number of aliphatic carboxylic acids is 1. The molecule has 4 heteroatoms. The Kier molecular flexibility index (Phi) is 3.73. The molecule has 0 amide bonds. The summed E-state index contributed by atoms with van der Waals surface area (Å²) in [6.07, 6.45) is 2.65. The first-order chi connectivity index (χ1) is 7.31. The molecule has 0 atom stereocenters. The number of ether oxygens (including phenoxy) is 1. The molecule has 1 aliphatic carbocycles. The third-order valence-electron chi connectivity index (χ3n) is 2.37. The fourth-order valence-corrected chi connectivity index (χ4v) is 1.71. The first-order valence-electron chi connectivity index (χ1n) is 5.50. The van der Waals surface area contributed by atoms with Crippen LogP contribution in [0.2, 0.25) is 0 Å². The minimum Gasteiger partial charge on any atom is -0.478 e. The van der Waals surface area contributed by atoms with Crippen molar-refractivity contribution in [3.63, 3.8) is 0 Å². The van der Waals surface area contributed by atoms with Gasteiger partial charge in [0.05, 0.1) is 0 Å². The highest BCUT2D eigenvalue weighted by Crippen LogP contribution is 2.27. The zero-order valence-corrected chi connectivity index (χ0v) is 10.0. The smallest absolute Gasteiger partial charge is 0.335 e. The van der Waals surface area contributed by atoms with Gasteiger partial charge in [0.15, 0.2) is 0 Å². The summed E-state index contributed by atoms with van der Waals surface area (Å²) < 4.78 is 5.20. The third kappa shape index (κ3) is 3.36. The molecule has 0 spiro atoms. The summed E-state index contributed by atoms with van der Waals surface area (Å²) in [5.41, 5.74) is -0.0142. The van der Waals surface area contributed by atoms with Crippen LogP contribution in [0.15, 0.2) is 11.1 Å². The predicted octanol–water partition coefficient (Wildman–Crippen LogP) is 2.28. The highest BCUT2D eigenvalue weighted by atomic mass is 16.6. The molecule has 0 saturated heterocycles. The Morgan fingerprint density at radius 1 is 1.12 bits per heavy atom. The minimum atomic E-state index is -0.999. The van der Waals surface area contributed by atoms with Crippen molar-refractivity contribution < 1.29 is 19.4 Å². The predicted molar refractivity (Wildman–Crippen MR) is 59.0 cm³/mol. The highest BCUT2D eigenvalue weighted by molar-refractivity contribution is 6.00. The van der Waals surface area contributed by atoms with E-state index in [1.807, 2.05) is 0 Å². The van der Waals surface area contributed by atoms with Gasteiger partial charge in [0.2, 0.25) is 0 Å². The van der Waals surface area contributed by atoms with Gasteiger partial charge in [-0.3, -0.25) is 0 Å². The summed E-state index contributed by atoms with van der Waals surface area (Å²) in [6, 6.07) is 0. The Bertz CT molecular complexity index is 333. The Balaban J connectivity index is 2.90. The summed E-state index contributed by atoms with van der Waals surface area (Å²) in [5, 5.41) is 8.99. The molecule has 0 aliphatic heterocycles. The summed E-state index contributed by atoms with van der Waals surface area (Å²) in [4.78, 5) is 22.8. The molecular formula is C12H18O4. The van der Waals surface area contributed by atoms with E-state index < -0.39 is 17.5 Å². The largest absolute Gasteiger partial charge is 0.478 e. The first kappa shape index (κ1) is 12.7. The average molecular weight is 226 g/mol. The van der Waals surface area contributed by atoms with Crippen LogP contribution in [-0.2, 0) is 14.3 Å². The second kappa shape index (κ2) is 4.68. The van der Waals surface area contributed by atoms with Crippen molar-refractivity contribution in [2.45, 2.75) is 52.1 Å². The van der Waals surface area contributed by atoms with Gasteiger partial charge in [0, 0.05) is 11.1 Å². The molecule has 0 bridgehead atoms. The van der Waals surface area contributed by atoms with Crippen molar-refractivity contribution in [3.8, 4) is 0 Å². The van der Waals surface area contributed by atoms with Crippen LogP contribution in [0, 0.1) is 0 Å². The summed E-state index contributed by atoms with van der Waals surface area (Å²) >= 11 is 0. The molecule has 0 fully saturated rings. The van der Waals surface area contributed by atoms with Gasteiger partial charge in [0.25, 0.3) is 0 Å². The van der Waals surface area contributed by atoms with E-state index in [2.05, 4.69) is 0 Å². The van der Waals surface area contributed by atoms with Crippen LogP contribution in [0.5, 0.6) is 0 Å². The van der Waals surface area contributed by atoms with E-state index in [4.69, 9.17) is 9.84 Å². The number of carbonyl (C=O) groups is 2. The average Bonchev–Trinajstić information content (AvgIpc) is 2.15. The first-order valence-corrected chi connectivity index (χ1v) is 5.50. The van der Waals surface area contributed by atoms with Crippen molar-refractivity contribution >= 4 is 11.9 Å². The van der Waals surface area contributed by atoms with Crippen LogP contribution < -0.4 is 0 Å². The molecule has 0 radical (unpaired) electrons. The van der Waals surface area contributed by atoms with Crippen LogP contribution in [0.3, 0.4) is 0 Å². The number of carboxylic acid groups (broad SMARTS) is 1. The monoisotopic (exact) mass is 226 g/mol. The number of carbonyl (C=O) groups excluding carboxylic acids is 1. The second-order valence-electron chi connectivity index (χ2n) is 4.97. The Labute approximate surface area is 95.3 Å². The maximum Gasteiger partial charge on any atom is 0.335 e. The number of hydrogen-bond acceptors (Lipinski definition) is 3. The SMILES string of the molecule is CC(C)(C)OC(=O)C1=C(C(=O)O)CCCC1. The molecule has 0 aromatic carbocycles. The molecule has 1 N–H and O–H groups in total. The Morgan fingerprint density at radius 3 is 2.06 bits per heavy atom. The summed E-state index contributed by atoms with van der Waals surface area (Å²) in [6.45, 7) is 5.32. The van der Waals surface area contributed by atoms with E-state index >= 15 is 0 Å². The van der Waals surface area contributed by atoms with Crippen molar-refractivity contribution in [2.24, 2.45) is 0 Å². The van der Waals surface area contributed by atoms with E-state index in [0.29, 0.717) is 18.4 Å². The maximum absolute atomic E-state index is 11.8. The van der Waals surface area contributed by atoms with Gasteiger partial charge in [0.1, 0.15) is 5.60 Å². The molecule has 4 nitrogen and oxygen atoms in total. The lowest BCUT2D eigenvalue weighted by molar-refractivity contribution is -0.150. The fraction of sp³-hybridized carbons (Fsp3) is 0.667. The zero-order chi connectivity index (χ0) is 12.3. The lowest BCUT2D eigenvalue weighted by atomic mass is 9.91. The van der Waals surface area contributed by atoms with Crippen LogP contribution in [-0.4, -0.2) is 22.6 Å². The van der Waals surface area contributed by atoms with Gasteiger partial charge in [-0.1, -0.05) is 0 Å². The molecule has 0 saturated carbocycles. The summed E-state index contributed by atoms with van der Waals surface area (Å²) in [5.74, 6) is -1.48. The van der Waals surface area contributed by atoms with Gasteiger partial charge in [-0.25, -0.2) is 9.59 Å². The molecule has 0 heterocycles. The third-order valence-corrected chi connectivity index (χ3v) is 2.37.